The van der Waals surface area contributed by atoms with E-state index in [1.807, 2.05) is 0 Å². The number of halogens is 1. The van der Waals surface area contributed by atoms with Crippen molar-refractivity contribution >= 4 is 28.3 Å². The minimum absolute atomic E-state index is 0.251. The SMILES string of the molecule is CN1C[C@H](Nc2ccc(I)cc2)C[C@H]1CO. The molecular weight excluding hydrogens is 315 g/mol. The Balaban J connectivity index is 1.94. The van der Waals surface area contributed by atoms with Gasteiger partial charge in [-0.1, -0.05) is 0 Å². The average Bonchev–Trinajstić information content (AvgIpc) is 2.62. The first-order chi connectivity index (χ1) is 7.69. The Kier molecular flexibility index (Phi) is 4.05. The van der Waals surface area contributed by atoms with Gasteiger partial charge in [0.1, 0.15) is 0 Å². The lowest BCUT2D eigenvalue weighted by atomic mass is 10.1. The van der Waals surface area contributed by atoms with Crippen LogP contribution < -0.4 is 5.32 Å². The average molecular weight is 332 g/mol. The third-order valence-corrected chi connectivity index (χ3v) is 3.83. The molecule has 0 unspecified atom stereocenters. The smallest absolute Gasteiger partial charge is 0.0587 e. The van der Waals surface area contributed by atoms with Crippen LogP contribution in [-0.4, -0.2) is 42.3 Å². The summed E-state index contributed by atoms with van der Waals surface area (Å²) in [6.07, 6.45) is 1.01. The van der Waals surface area contributed by atoms with E-state index < -0.39 is 0 Å². The van der Waals surface area contributed by atoms with Gasteiger partial charge in [-0.05, 0) is 60.3 Å². The Morgan fingerprint density at radius 1 is 1.44 bits per heavy atom. The van der Waals surface area contributed by atoms with Gasteiger partial charge in [-0.2, -0.15) is 0 Å². The molecule has 1 aliphatic rings. The van der Waals surface area contributed by atoms with Crippen molar-refractivity contribution in [3.8, 4) is 0 Å². The van der Waals surface area contributed by atoms with Crippen molar-refractivity contribution in [2.45, 2.75) is 18.5 Å². The lowest BCUT2D eigenvalue weighted by molar-refractivity contribution is 0.182. The molecule has 1 fully saturated rings. The summed E-state index contributed by atoms with van der Waals surface area (Å²) in [5.74, 6) is 0. The molecule has 0 saturated carbocycles. The van der Waals surface area contributed by atoms with Gasteiger partial charge < -0.3 is 10.4 Å². The van der Waals surface area contributed by atoms with Crippen LogP contribution in [0.3, 0.4) is 0 Å². The second kappa shape index (κ2) is 5.33. The van der Waals surface area contributed by atoms with E-state index in [2.05, 4.69) is 64.1 Å². The van der Waals surface area contributed by atoms with Crippen molar-refractivity contribution in [3.63, 3.8) is 0 Å². The summed E-state index contributed by atoms with van der Waals surface area (Å²) in [6, 6.07) is 9.17. The molecule has 0 aromatic heterocycles. The lowest BCUT2D eigenvalue weighted by Crippen LogP contribution is -2.28. The van der Waals surface area contributed by atoms with Crippen molar-refractivity contribution in [1.82, 2.24) is 4.90 Å². The highest BCUT2D eigenvalue weighted by molar-refractivity contribution is 14.1. The fourth-order valence-electron chi connectivity index (χ4n) is 2.18. The van der Waals surface area contributed by atoms with Crippen molar-refractivity contribution in [1.29, 1.82) is 0 Å². The molecule has 1 heterocycles. The maximum atomic E-state index is 9.19. The standard InChI is InChI=1S/C12H17IN2O/c1-15-7-11(6-12(15)8-16)14-10-4-2-9(13)3-5-10/h2-5,11-12,14,16H,6-8H2,1H3/t11-,12+/m1/s1. The van der Waals surface area contributed by atoms with Gasteiger partial charge in [-0.15, -0.1) is 0 Å². The molecule has 1 saturated heterocycles. The van der Waals surface area contributed by atoms with Gasteiger partial charge in [0.15, 0.2) is 0 Å². The molecule has 4 heteroatoms. The quantitative estimate of drug-likeness (QED) is 0.828. The van der Waals surface area contributed by atoms with E-state index in [0.29, 0.717) is 12.1 Å². The topological polar surface area (TPSA) is 35.5 Å². The third kappa shape index (κ3) is 2.87. The molecule has 2 N–H and O–H groups in total. The number of hydrogen-bond donors (Lipinski definition) is 2. The Bertz CT molecular complexity index is 341. The number of anilines is 1. The summed E-state index contributed by atoms with van der Waals surface area (Å²) in [5, 5.41) is 12.7. The number of likely N-dealkylation sites (N-methyl/N-ethyl adjacent to an activating group) is 1. The zero-order chi connectivity index (χ0) is 11.5. The molecule has 1 aliphatic heterocycles. The largest absolute Gasteiger partial charge is 0.395 e. The highest BCUT2D eigenvalue weighted by atomic mass is 127. The van der Waals surface area contributed by atoms with E-state index in [9.17, 15) is 5.11 Å². The van der Waals surface area contributed by atoms with E-state index in [-0.39, 0.29) is 6.61 Å². The monoisotopic (exact) mass is 332 g/mol. The third-order valence-electron chi connectivity index (χ3n) is 3.11. The first-order valence-electron chi connectivity index (χ1n) is 5.52. The van der Waals surface area contributed by atoms with Gasteiger partial charge in [-0.25, -0.2) is 0 Å². The van der Waals surface area contributed by atoms with E-state index >= 15 is 0 Å². The highest BCUT2D eigenvalue weighted by Crippen LogP contribution is 2.20. The zero-order valence-corrected chi connectivity index (χ0v) is 11.5. The molecule has 16 heavy (non-hydrogen) atoms. The Morgan fingerprint density at radius 2 is 2.12 bits per heavy atom. The first kappa shape index (κ1) is 12.1. The Labute approximate surface area is 110 Å². The fraction of sp³-hybridized carbons (Fsp3) is 0.500. The summed E-state index contributed by atoms with van der Waals surface area (Å²) in [4.78, 5) is 2.21. The van der Waals surface area contributed by atoms with Crippen LogP contribution in [0.25, 0.3) is 0 Å². The number of hydrogen-bond acceptors (Lipinski definition) is 3. The summed E-state index contributed by atoms with van der Waals surface area (Å²) < 4.78 is 1.25. The molecule has 2 atom stereocenters. The van der Waals surface area contributed by atoms with Crippen LogP contribution in [0.5, 0.6) is 0 Å². The number of rotatable bonds is 3. The number of aliphatic hydroxyl groups excluding tert-OH is 1. The van der Waals surface area contributed by atoms with Gasteiger partial charge in [0.05, 0.1) is 6.61 Å². The normalized spacial score (nSPS) is 25.9. The minimum Gasteiger partial charge on any atom is -0.395 e. The maximum absolute atomic E-state index is 9.19. The van der Waals surface area contributed by atoms with Crippen LogP contribution in [0.1, 0.15) is 6.42 Å². The number of aliphatic hydroxyl groups is 1. The molecular formula is C12H17IN2O. The number of nitrogens with zero attached hydrogens (tertiary/aromatic N) is 1. The second-order valence-corrected chi connectivity index (χ2v) is 5.61. The van der Waals surface area contributed by atoms with Crippen LogP contribution in [0.2, 0.25) is 0 Å². The van der Waals surface area contributed by atoms with Crippen LogP contribution in [0.15, 0.2) is 24.3 Å². The summed E-state index contributed by atoms with van der Waals surface area (Å²) in [7, 11) is 2.07. The molecule has 0 bridgehead atoms. The fourth-order valence-corrected chi connectivity index (χ4v) is 2.54. The maximum Gasteiger partial charge on any atom is 0.0587 e. The highest BCUT2D eigenvalue weighted by Gasteiger charge is 2.28. The molecule has 2 rings (SSSR count). The predicted octanol–water partition coefficient (Wildman–Crippen LogP) is 1.77. The van der Waals surface area contributed by atoms with Gasteiger partial charge in [-0.3, -0.25) is 4.90 Å². The van der Waals surface area contributed by atoms with Crippen LogP contribution in [0, 0.1) is 3.57 Å². The Morgan fingerprint density at radius 3 is 2.69 bits per heavy atom. The second-order valence-electron chi connectivity index (χ2n) is 4.36. The first-order valence-corrected chi connectivity index (χ1v) is 6.60. The number of benzene rings is 1. The van der Waals surface area contributed by atoms with Gasteiger partial charge in [0.25, 0.3) is 0 Å². The summed E-state index contributed by atoms with van der Waals surface area (Å²) >= 11 is 2.30. The molecule has 1 aromatic rings. The molecule has 0 aliphatic carbocycles. The van der Waals surface area contributed by atoms with Gasteiger partial charge in [0.2, 0.25) is 0 Å². The molecule has 88 valence electrons. The minimum atomic E-state index is 0.251. The van der Waals surface area contributed by atoms with Crippen LogP contribution in [0.4, 0.5) is 5.69 Å². The van der Waals surface area contributed by atoms with Crippen molar-refractivity contribution in [2.75, 3.05) is 25.5 Å². The van der Waals surface area contributed by atoms with Gasteiger partial charge >= 0.3 is 0 Å². The van der Waals surface area contributed by atoms with Crippen molar-refractivity contribution in [3.05, 3.63) is 27.8 Å². The van der Waals surface area contributed by atoms with Crippen LogP contribution >= 0.6 is 22.6 Å². The van der Waals surface area contributed by atoms with E-state index in [4.69, 9.17) is 0 Å². The van der Waals surface area contributed by atoms with E-state index in [0.717, 1.165) is 18.7 Å². The van der Waals surface area contributed by atoms with E-state index in [1.54, 1.807) is 0 Å². The lowest BCUT2D eigenvalue weighted by Gasteiger charge is -2.15. The summed E-state index contributed by atoms with van der Waals surface area (Å²) in [6.45, 7) is 1.25. The summed E-state index contributed by atoms with van der Waals surface area (Å²) in [5.41, 5.74) is 1.16. The molecule has 1 aromatic carbocycles. The zero-order valence-electron chi connectivity index (χ0n) is 9.36. The Hall–Kier alpha value is -0.330. The van der Waals surface area contributed by atoms with E-state index in [1.165, 1.54) is 3.57 Å². The van der Waals surface area contributed by atoms with Crippen molar-refractivity contribution in [2.24, 2.45) is 0 Å². The van der Waals surface area contributed by atoms with Gasteiger partial charge in [0, 0.05) is 27.9 Å². The number of nitrogens with one attached hydrogen (secondary N) is 1. The number of likely N-dealkylation sites (tertiary alicyclic amines) is 1. The van der Waals surface area contributed by atoms with Crippen molar-refractivity contribution < 1.29 is 5.11 Å². The molecule has 0 radical (unpaired) electrons. The van der Waals surface area contributed by atoms with Crippen LogP contribution in [-0.2, 0) is 0 Å². The molecule has 0 amide bonds. The molecule has 0 spiro atoms. The molecule has 3 nitrogen and oxygen atoms in total. The predicted molar refractivity (Wildman–Crippen MR) is 74.7 cm³/mol.